The van der Waals surface area contributed by atoms with E-state index in [-0.39, 0.29) is 6.07 Å². The van der Waals surface area contributed by atoms with Gasteiger partial charge in [-0.1, -0.05) is 0 Å². The van der Waals surface area contributed by atoms with Gasteiger partial charge in [0.05, 0.1) is 10.9 Å². The highest BCUT2D eigenvalue weighted by molar-refractivity contribution is 5.93. The number of aromatic carboxylic acids is 1. The van der Waals surface area contributed by atoms with E-state index in [1.165, 1.54) is 13.8 Å². The Bertz CT molecular complexity index is 868. The molecule has 0 aliphatic carbocycles. The predicted molar refractivity (Wildman–Crippen MR) is 70.5 cm³/mol. The summed E-state index contributed by atoms with van der Waals surface area (Å²) in [4.78, 5) is 23.1. The van der Waals surface area contributed by atoms with E-state index in [1.807, 2.05) is 0 Å². The molecule has 0 radical (unpaired) electrons. The van der Waals surface area contributed by atoms with Crippen molar-refractivity contribution < 1.29 is 31.9 Å². The average molecular weight is 335 g/mol. The summed E-state index contributed by atoms with van der Waals surface area (Å²) in [5, 5.41) is 8.14. The normalized spacial score (nSPS) is 12.2. The lowest BCUT2D eigenvalue weighted by Gasteiger charge is -2.20. The van der Waals surface area contributed by atoms with Crippen molar-refractivity contribution in [2.75, 3.05) is 0 Å². The van der Waals surface area contributed by atoms with E-state index in [1.54, 1.807) is 0 Å². The van der Waals surface area contributed by atoms with Crippen molar-refractivity contribution in [2.24, 2.45) is 0 Å². The summed E-state index contributed by atoms with van der Waals surface area (Å²) in [7, 11) is 0. The monoisotopic (exact) mass is 335 g/mol. The zero-order valence-electron chi connectivity index (χ0n) is 11.8. The third kappa shape index (κ3) is 2.66. The van der Waals surface area contributed by atoms with Crippen LogP contribution in [0.1, 0.15) is 35.8 Å². The molecule has 0 spiro atoms. The first-order valence-electron chi connectivity index (χ1n) is 6.34. The Labute approximate surface area is 125 Å². The lowest BCUT2D eigenvalue weighted by atomic mass is 10.0. The highest BCUT2D eigenvalue weighted by Crippen LogP contribution is 2.38. The molecule has 1 heterocycles. The number of benzene rings is 1. The topological polar surface area (TPSA) is 59.3 Å². The van der Waals surface area contributed by atoms with E-state index in [4.69, 9.17) is 5.11 Å². The molecule has 0 fully saturated rings. The van der Waals surface area contributed by atoms with E-state index >= 15 is 0 Å². The number of halogens is 5. The number of rotatable bonds is 2. The molecule has 4 nitrogen and oxygen atoms in total. The number of fused-ring (bicyclic) bond motifs is 1. The number of carboxylic acid groups (broad SMARTS) is 1. The van der Waals surface area contributed by atoms with Gasteiger partial charge in [-0.3, -0.25) is 4.79 Å². The van der Waals surface area contributed by atoms with Crippen molar-refractivity contribution in [3.8, 4) is 0 Å². The van der Waals surface area contributed by atoms with Gasteiger partial charge in [-0.15, -0.1) is 0 Å². The molecule has 0 atom stereocenters. The number of alkyl halides is 3. The fourth-order valence-corrected chi connectivity index (χ4v) is 2.28. The van der Waals surface area contributed by atoms with Crippen molar-refractivity contribution in [1.29, 1.82) is 0 Å². The number of carbonyl (C=O) groups is 1. The summed E-state index contributed by atoms with van der Waals surface area (Å²) in [6.45, 7) is 2.83. The van der Waals surface area contributed by atoms with Gasteiger partial charge in [-0.05, 0) is 19.9 Å². The predicted octanol–water partition coefficient (Wildman–Crippen LogP) is 3.58. The molecule has 9 heteroatoms. The molecule has 0 amide bonds. The van der Waals surface area contributed by atoms with Gasteiger partial charge in [0.15, 0.2) is 11.6 Å². The zero-order valence-corrected chi connectivity index (χ0v) is 11.8. The third-order valence-corrected chi connectivity index (χ3v) is 3.28. The zero-order chi connectivity index (χ0) is 17.7. The molecule has 0 saturated carbocycles. The van der Waals surface area contributed by atoms with E-state index in [9.17, 15) is 31.5 Å². The van der Waals surface area contributed by atoms with Crippen LogP contribution in [0.2, 0.25) is 0 Å². The van der Waals surface area contributed by atoms with Crippen LogP contribution in [0, 0.1) is 11.6 Å². The molecule has 124 valence electrons. The number of aromatic nitrogens is 1. The van der Waals surface area contributed by atoms with Crippen LogP contribution < -0.4 is 5.43 Å². The summed E-state index contributed by atoms with van der Waals surface area (Å²) >= 11 is 0. The fourth-order valence-electron chi connectivity index (χ4n) is 2.28. The van der Waals surface area contributed by atoms with Crippen molar-refractivity contribution in [2.45, 2.75) is 26.1 Å². The van der Waals surface area contributed by atoms with Crippen LogP contribution in [0.4, 0.5) is 22.0 Å². The standard InChI is InChI=1S/C14H10F5NO3/c1-5(2)20-4-7(13(22)23)12(21)6-3-8(15)10(16)9(11(6)20)14(17,18)19/h3-5H,1-2H3,(H,22,23). The highest BCUT2D eigenvalue weighted by Gasteiger charge is 2.40. The van der Waals surface area contributed by atoms with Gasteiger partial charge >= 0.3 is 12.1 Å². The molecule has 0 aliphatic rings. The number of pyridine rings is 1. The van der Waals surface area contributed by atoms with Gasteiger partial charge < -0.3 is 9.67 Å². The molecule has 23 heavy (non-hydrogen) atoms. The van der Waals surface area contributed by atoms with Crippen LogP contribution in [0.15, 0.2) is 17.1 Å². The fraction of sp³-hybridized carbons (Fsp3) is 0.286. The minimum Gasteiger partial charge on any atom is -0.477 e. The lowest BCUT2D eigenvalue weighted by Crippen LogP contribution is -2.23. The van der Waals surface area contributed by atoms with Crippen molar-refractivity contribution in [3.63, 3.8) is 0 Å². The van der Waals surface area contributed by atoms with Crippen LogP contribution in [-0.4, -0.2) is 15.6 Å². The summed E-state index contributed by atoms with van der Waals surface area (Å²) in [5.74, 6) is -5.69. The second-order valence-electron chi connectivity index (χ2n) is 5.12. The first kappa shape index (κ1) is 16.9. The van der Waals surface area contributed by atoms with Gasteiger partial charge in [0, 0.05) is 12.2 Å². The average Bonchev–Trinajstić information content (AvgIpc) is 2.39. The Morgan fingerprint density at radius 1 is 1.26 bits per heavy atom. The highest BCUT2D eigenvalue weighted by atomic mass is 19.4. The SMILES string of the molecule is CC(C)n1cc(C(=O)O)c(=O)c2cc(F)c(F)c(C(F)(F)F)c21. The van der Waals surface area contributed by atoms with Crippen LogP contribution in [-0.2, 0) is 6.18 Å². The Morgan fingerprint density at radius 2 is 1.83 bits per heavy atom. The Kier molecular flexibility index (Phi) is 3.91. The Morgan fingerprint density at radius 3 is 2.26 bits per heavy atom. The summed E-state index contributed by atoms with van der Waals surface area (Å²) in [6.07, 6.45) is -4.57. The summed E-state index contributed by atoms with van der Waals surface area (Å²) in [6, 6.07) is -0.449. The molecule has 0 aliphatic heterocycles. The van der Waals surface area contributed by atoms with Crippen molar-refractivity contribution in [3.05, 3.63) is 45.2 Å². The van der Waals surface area contributed by atoms with Crippen LogP contribution >= 0.6 is 0 Å². The lowest BCUT2D eigenvalue weighted by molar-refractivity contribution is -0.139. The molecule has 1 aromatic heterocycles. The van der Waals surface area contributed by atoms with Gasteiger partial charge in [0.2, 0.25) is 5.43 Å². The van der Waals surface area contributed by atoms with Crippen LogP contribution in [0.25, 0.3) is 10.9 Å². The molecule has 2 aromatic rings. The molecule has 0 bridgehead atoms. The van der Waals surface area contributed by atoms with E-state index < -0.39 is 57.3 Å². The Hall–Kier alpha value is -2.45. The molecular formula is C14H10F5NO3. The minimum absolute atomic E-state index is 0.285. The van der Waals surface area contributed by atoms with Crippen molar-refractivity contribution in [1.82, 2.24) is 4.57 Å². The number of carboxylic acids is 1. The third-order valence-electron chi connectivity index (χ3n) is 3.28. The van der Waals surface area contributed by atoms with E-state index in [0.29, 0.717) is 6.20 Å². The molecule has 0 unspecified atom stereocenters. The van der Waals surface area contributed by atoms with Gasteiger partial charge in [0.1, 0.15) is 11.1 Å². The first-order valence-corrected chi connectivity index (χ1v) is 6.34. The smallest absolute Gasteiger partial charge is 0.421 e. The van der Waals surface area contributed by atoms with Gasteiger partial charge in [0.25, 0.3) is 0 Å². The number of nitrogens with zero attached hydrogens (tertiary/aromatic N) is 1. The quantitative estimate of drug-likeness (QED) is 0.854. The van der Waals surface area contributed by atoms with E-state index in [0.717, 1.165) is 4.57 Å². The number of hydrogen-bond donors (Lipinski definition) is 1. The molecule has 0 saturated heterocycles. The van der Waals surface area contributed by atoms with E-state index in [2.05, 4.69) is 0 Å². The molecule has 1 aromatic carbocycles. The van der Waals surface area contributed by atoms with Gasteiger partial charge in [-0.2, -0.15) is 13.2 Å². The Balaban J connectivity index is 3.20. The molecule has 2 rings (SSSR count). The maximum atomic E-state index is 13.7. The second kappa shape index (κ2) is 5.32. The maximum Gasteiger partial charge on any atom is 0.421 e. The molecule has 1 N–H and O–H groups in total. The largest absolute Gasteiger partial charge is 0.477 e. The summed E-state index contributed by atoms with van der Waals surface area (Å²) in [5.41, 5.74) is -4.96. The maximum absolute atomic E-state index is 13.7. The number of hydrogen-bond acceptors (Lipinski definition) is 2. The first-order chi connectivity index (χ1) is 10.5. The van der Waals surface area contributed by atoms with Gasteiger partial charge in [-0.25, -0.2) is 13.6 Å². The molecular weight excluding hydrogens is 325 g/mol. The summed E-state index contributed by atoms with van der Waals surface area (Å²) < 4.78 is 67.5. The van der Waals surface area contributed by atoms with Crippen LogP contribution in [0.3, 0.4) is 0 Å². The van der Waals surface area contributed by atoms with Crippen LogP contribution in [0.5, 0.6) is 0 Å². The second-order valence-corrected chi connectivity index (χ2v) is 5.12. The minimum atomic E-state index is -5.27. The van der Waals surface area contributed by atoms with Crippen molar-refractivity contribution >= 4 is 16.9 Å².